The molecule has 2 heteroatoms. The molecule has 0 rings (SSSR count). The topological polar surface area (TPSA) is 21.3 Å². The quantitative estimate of drug-likeness (QED) is 0.661. The summed E-state index contributed by atoms with van der Waals surface area (Å²) in [7, 11) is 1.75. The summed E-state index contributed by atoms with van der Waals surface area (Å²) in [5.41, 5.74) is 0.108. The van der Waals surface area contributed by atoms with Gasteiger partial charge in [-0.25, -0.2) is 0 Å². The summed E-state index contributed by atoms with van der Waals surface area (Å²) < 4.78 is 5.14. The van der Waals surface area contributed by atoms with Crippen molar-refractivity contribution in [3.8, 4) is 0 Å². The van der Waals surface area contributed by atoms with Gasteiger partial charge in [0.05, 0.1) is 6.61 Å². The maximum Gasteiger partial charge on any atom is 0.0639 e. The fourth-order valence-corrected chi connectivity index (χ4v) is 1.46. The third kappa shape index (κ3) is 7.03. The van der Waals surface area contributed by atoms with Gasteiger partial charge in [-0.05, 0) is 32.7 Å². The number of ether oxygens (including phenoxy) is 1. The van der Waals surface area contributed by atoms with Gasteiger partial charge < -0.3 is 10.1 Å². The minimum atomic E-state index is 0.108. The van der Waals surface area contributed by atoms with E-state index in [1.54, 1.807) is 7.11 Å². The highest BCUT2D eigenvalue weighted by Gasteiger charge is 2.16. The van der Waals surface area contributed by atoms with Gasteiger partial charge in [0.25, 0.3) is 0 Å². The molecule has 1 atom stereocenters. The molecule has 0 aromatic carbocycles. The van der Waals surface area contributed by atoms with Gasteiger partial charge in [0.1, 0.15) is 0 Å². The van der Waals surface area contributed by atoms with Gasteiger partial charge in [-0.3, -0.25) is 0 Å². The van der Waals surface area contributed by atoms with E-state index < -0.39 is 0 Å². The first-order valence-electron chi connectivity index (χ1n) is 5.25. The summed E-state index contributed by atoms with van der Waals surface area (Å²) >= 11 is 0. The molecule has 80 valence electrons. The van der Waals surface area contributed by atoms with Gasteiger partial charge in [-0.1, -0.05) is 20.3 Å². The zero-order valence-electron chi connectivity index (χ0n) is 9.81. The minimum Gasteiger partial charge on any atom is -0.383 e. The minimum absolute atomic E-state index is 0.108. The molecule has 13 heavy (non-hydrogen) atoms. The number of rotatable bonds is 7. The van der Waals surface area contributed by atoms with Crippen molar-refractivity contribution in [2.24, 2.45) is 5.92 Å². The van der Waals surface area contributed by atoms with E-state index in [4.69, 9.17) is 4.74 Å². The Bertz CT molecular complexity index is 123. The molecule has 0 saturated heterocycles. The summed E-state index contributed by atoms with van der Waals surface area (Å²) in [6, 6.07) is 0. The van der Waals surface area contributed by atoms with Crippen molar-refractivity contribution in [2.75, 3.05) is 20.3 Å². The zero-order chi connectivity index (χ0) is 10.3. The molecule has 0 aromatic heterocycles. The molecule has 1 N–H and O–H groups in total. The molecule has 0 heterocycles. The highest BCUT2D eigenvalue weighted by Crippen LogP contribution is 2.07. The van der Waals surface area contributed by atoms with Gasteiger partial charge in [0.2, 0.25) is 0 Å². The fraction of sp³-hybridized carbons (Fsp3) is 1.00. The number of hydrogen-bond acceptors (Lipinski definition) is 2. The fourth-order valence-electron chi connectivity index (χ4n) is 1.46. The lowest BCUT2D eigenvalue weighted by Crippen LogP contribution is -2.45. The van der Waals surface area contributed by atoms with Crippen LogP contribution in [0.15, 0.2) is 0 Å². The molecule has 0 aliphatic rings. The number of nitrogens with one attached hydrogen (secondary N) is 1. The van der Waals surface area contributed by atoms with Crippen molar-refractivity contribution >= 4 is 0 Å². The van der Waals surface area contributed by atoms with E-state index in [9.17, 15) is 0 Å². The maximum absolute atomic E-state index is 5.14. The van der Waals surface area contributed by atoms with Crippen molar-refractivity contribution in [2.45, 2.75) is 46.1 Å². The Kier molecular flexibility index (Phi) is 6.35. The van der Waals surface area contributed by atoms with E-state index in [2.05, 4.69) is 33.0 Å². The van der Waals surface area contributed by atoms with Crippen molar-refractivity contribution in [3.05, 3.63) is 0 Å². The summed E-state index contributed by atoms with van der Waals surface area (Å²) in [6.07, 6.45) is 2.57. The van der Waals surface area contributed by atoms with Gasteiger partial charge in [-0.2, -0.15) is 0 Å². The SMILES string of the molecule is CCCC(C)CNC(C)(C)COC. The average molecular weight is 187 g/mol. The first kappa shape index (κ1) is 12.9. The van der Waals surface area contributed by atoms with Gasteiger partial charge in [0.15, 0.2) is 0 Å². The lowest BCUT2D eigenvalue weighted by atomic mass is 10.0. The van der Waals surface area contributed by atoms with Crippen LogP contribution in [0.5, 0.6) is 0 Å². The second-order valence-corrected chi connectivity index (χ2v) is 4.59. The van der Waals surface area contributed by atoms with Crippen molar-refractivity contribution < 1.29 is 4.74 Å². The second-order valence-electron chi connectivity index (χ2n) is 4.59. The average Bonchev–Trinajstić information content (AvgIpc) is 2.02. The third-order valence-corrected chi connectivity index (χ3v) is 2.22. The Hall–Kier alpha value is -0.0800. The van der Waals surface area contributed by atoms with Crippen molar-refractivity contribution in [1.82, 2.24) is 5.32 Å². The number of methoxy groups -OCH3 is 1. The van der Waals surface area contributed by atoms with E-state index in [1.807, 2.05) is 0 Å². The Morgan fingerprint density at radius 3 is 2.46 bits per heavy atom. The first-order chi connectivity index (χ1) is 6.02. The van der Waals surface area contributed by atoms with Crippen LogP contribution in [0, 0.1) is 5.92 Å². The molecule has 0 bridgehead atoms. The van der Waals surface area contributed by atoms with Crippen LogP contribution in [0.1, 0.15) is 40.5 Å². The molecule has 2 nitrogen and oxygen atoms in total. The first-order valence-corrected chi connectivity index (χ1v) is 5.25. The Balaban J connectivity index is 3.60. The molecular formula is C11H25NO. The highest BCUT2D eigenvalue weighted by molar-refractivity contribution is 4.77. The highest BCUT2D eigenvalue weighted by atomic mass is 16.5. The lowest BCUT2D eigenvalue weighted by Gasteiger charge is -2.27. The van der Waals surface area contributed by atoms with Crippen LogP contribution in [0.4, 0.5) is 0 Å². The molecular weight excluding hydrogens is 162 g/mol. The number of hydrogen-bond donors (Lipinski definition) is 1. The Labute approximate surface area is 83.1 Å². The second kappa shape index (κ2) is 6.39. The van der Waals surface area contributed by atoms with E-state index >= 15 is 0 Å². The molecule has 0 aliphatic carbocycles. The molecule has 0 aliphatic heterocycles. The van der Waals surface area contributed by atoms with Gasteiger partial charge >= 0.3 is 0 Å². The zero-order valence-corrected chi connectivity index (χ0v) is 9.81. The molecule has 0 spiro atoms. The standard InChI is InChI=1S/C11H25NO/c1-6-7-10(2)8-12-11(3,4)9-13-5/h10,12H,6-9H2,1-5H3. The molecule has 0 fully saturated rings. The van der Waals surface area contributed by atoms with E-state index in [0.29, 0.717) is 0 Å². The maximum atomic E-state index is 5.14. The van der Waals surface area contributed by atoms with E-state index in [1.165, 1.54) is 12.8 Å². The summed E-state index contributed by atoms with van der Waals surface area (Å²) in [5.74, 6) is 0.765. The van der Waals surface area contributed by atoms with Crippen LogP contribution in [0.2, 0.25) is 0 Å². The van der Waals surface area contributed by atoms with Crippen molar-refractivity contribution in [1.29, 1.82) is 0 Å². The summed E-state index contributed by atoms with van der Waals surface area (Å²) in [5, 5.41) is 3.52. The monoisotopic (exact) mass is 187 g/mol. The van der Waals surface area contributed by atoms with E-state index in [0.717, 1.165) is 19.1 Å². The normalized spacial score (nSPS) is 14.5. The molecule has 0 radical (unpaired) electrons. The van der Waals surface area contributed by atoms with Crippen LogP contribution in [-0.4, -0.2) is 25.8 Å². The molecule has 0 aromatic rings. The van der Waals surface area contributed by atoms with Crippen LogP contribution in [-0.2, 0) is 4.74 Å². The summed E-state index contributed by atoms with van der Waals surface area (Å²) in [4.78, 5) is 0. The Morgan fingerprint density at radius 2 is 2.00 bits per heavy atom. The Morgan fingerprint density at radius 1 is 1.38 bits per heavy atom. The van der Waals surface area contributed by atoms with Crippen molar-refractivity contribution in [3.63, 3.8) is 0 Å². The molecule has 0 amide bonds. The smallest absolute Gasteiger partial charge is 0.0639 e. The predicted octanol–water partition coefficient (Wildman–Crippen LogP) is 2.44. The summed E-state index contributed by atoms with van der Waals surface area (Å²) in [6.45, 7) is 10.7. The van der Waals surface area contributed by atoms with Gasteiger partial charge in [0, 0.05) is 12.6 Å². The van der Waals surface area contributed by atoms with Crippen LogP contribution in [0.3, 0.4) is 0 Å². The van der Waals surface area contributed by atoms with Crippen LogP contribution >= 0.6 is 0 Å². The predicted molar refractivity (Wildman–Crippen MR) is 58.0 cm³/mol. The van der Waals surface area contributed by atoms with Crippen LogP contribution in [0.25, 0.3) is 0 Å². The van der Waals surface area contributed by atoms with Crippen LogP contribution < -0.4 is 5.32 Å². The molecule has 0 saturated carbocycles. The van der Waals surface area contributed by atoms with E-state index in [-0.39, 0.29) is 5.54 Å². The largest absolute Gasteiger partial charge is 0.383 e. The third-order valence-electron chi connectivity index (χ3n) is 2.22. The molecule has 1 unspecified atom stereocenters. The lowest BCUT2D eigenvalue weighted by molar-refractivity contribution is 0.126. The van der Waals surface area contributed by atoms with Gasteiger partial charge in [-0.15, -0.1) is 0 Å².